The van der Waals surface area contributed by atoms with Crippen molar-refractivity contribution in [2.45, 2.75) is 13.5 Å². The number of imide groups is 1. The monoisotopic (exact) mass is 499 g/mol. The molecule has 1 aliphatic heterocycles. The van der Waals surface area contributed by atoms with Gasteiger partial charge in [-0.1, -0.05) is 53.5 Å². The van der Waals surface area contributed by atoms with Crippen LogP contribution in [0.5, 0.6) is 11.5 Å². The fourth-order valence-corrected chi connectivity index (χ4v) is 4.52. The first-order chi connectivity index (χ1) is 16.0. The summed E-state index contributed by atoms with van der Waals surface area (Å²) in [5.74, 6) is 0.711. The van der Waals surface area contributed by atoms with E-state index in [0.29, 0.717) is 44.3 Å². The van der Waals surface area contributed by atoms with Gasteiger partial charge in [0.15, 0.2) is 11.5 Å². The zero-order chi connectivity index (χ0) is 23.4. The van der Waals surface area contributed by atoms with Crippen molar-refractivity contribution in [1.82, 2.24) is 0 Å². The normalized spacial score (nSPS) is 14.8. The summed E-state index contributed by atoms with van der Waals surface area (Å²) in [4.78, 5) is 26.8. The molecule has 1 aliphatic rings. The second kappa shape index (κ2) is 10.3. The smallest absolute Gasteiger partial charge is 0.298 e. The molecule has 0 unspecified atom stereocenters. The Hall–Kier alpha value is -2.93. The van der Waals surface area contributed by atoms with Crippen LogP contribution in [-0.2, 0) is 11.4 Å². The maximum absolute atomic E-state index is 12.9. The number of anilines is 1. The molecule has 8 heteroatoms. The molecule has 1 fully saturated rings. The average molecular weight is 500 g/mol. The first-order valence-corrected chi connectivity index (χ1v) is 11.7. The summed E-state index contributed by atoms with van der Waals surface area (Å²) in [6.07, 6.45) is 1.68. The molecule has 33 heavy (non-hydrogen) atoms. The molecule has 0 spiro atoms. The van der Waals surface area contributed by atoms with E-state index < -0.39 is 0 Å². The molecular formula is C25H19Cl2NO4S. The Balaban J connectivity index is 1.55. The zero-order valence-corrected chi connectivity index (χ0v) is 19.9. The Labute approximate surface area is 205 Å². The standard InChI is InChI=1S/C25H19Cl2NO4S/c1-2-31-22-12-16(8-11-21(22)32-15-17-9-10-18(26)14-20(17)27)13-23-24(29)28(25(30)33-23)19-6-4-3-5-7-19/h3-14H,2,15H2,1H3/b23-13-. The van der Waals surface area contributed by atoms with Gasteiger partial charge < -0.3 is 9.47 Å². The molecule has 2 amide bonds. The molecule has 3 aromatic rings. The van der Waals surface area contributed by atoms with Crippen LogP contribution in [0.3, 0.4) is 0 Å². The molecular weight excluding hydrogens is 481 g/mol. The van der Waals surface area contributed by atoms with E-state index in [2.05, 4.69) is 0 Å². The molecule has 0 saturated carbocycles. The van der Waals surface area contributed by atoms with Crippen molar-refractivity contribution in [1.29, 1.82) is 0 Å². The number of amides is 2. The van der Waals surface area contributed by atoms with Gasteiger partial charge in [-0.3, -0.25) is 9.59 Å². The summed E-state index contributed by atoms with van der Waals surface area (Å²) < 4.78 is 11.7. The Morgan fingerprint density at radius 2 is 1.73 bits per heavy atom. The first kappa shape index (κ1) is 23.2. The quantitative estimate of drug-likeness (QED) is 0.321. The van der Waals surface area contributed by atoms with Crippen LogP contribution in [0, 0.1) is 0 Å². The van der Waals surface area contributed by atoms with E-state index in [9.17, 15) is 9.59 Å². The summed E-state index contributed by atoms with van der Waals surface area (Å²) in [5, 5.41) is 0.744. The number of benzene rings is 3. The average Bonchev–Trinajstić information content (AvgIpc) is 3.07. The highest BCUT2D eigenvalue weighted by Gasteiger charge is 2.36. The van der Waals surface area contributed by atoms with Crippen molar-refractivity contribution in [3.8, 4) is 11.5 Å². The van der Waals surface area contributed by atoms with Gasteiger partial charge in [0.25, 0.3) is 11.1 Å². The lowest BCUT2D eigenvalue weighted by Crippen LogP contribution is -2.27. The minimum Gasteiger partial charge on any atom is -0.490 e. The largest absolute Gasteiger partial charge is 0.490 e. The molecule has 0 bridgehead atoms. The fraction of sp³-hybridized carbons (Fsp3) is 0.120. The summed E-state index contributed by atoms with van der Waals surface area (Å²) in [5.41, 5.74) is 2.05. The van der Waals surface area contributed by atoms with E-state index >= 15 is 0 Å². The van der Waals surface area contributed by atoms with Gasteiger partial charge in [-0.25, -0.2) is 4.90 Å². The third kappa shape index (κ3) is 5.36. The van der Waals surface area contributed by atoms with Crippen LogP contribution in [0.1, 0.15) is 18.1 Å². The van der Waals surface area contributed by atoms with Crippen LogP contribution in [0.25, 0.3) is 6.08 Å². The van der Waals surface area contributed by atoms with Crippen molar-refractivity contribution in [2.24, 2.45) is 0 Å². The van der Waals surface area contributed by atoms with E-state index in [1.807, 2.05) is 19.1 Å². The molecule has 0 N–H and O–H groups in total. The molecule has 0 radical (unpaired) electrons. The Morgan fingerprint density at radius 3 is 2.45 bits per heavy atom. The zero-order valence-electron chi connectivity index (χ0n) is 17.6. The van der Waals surface area contributed by atoms with Crippen LogP contribution in [-0.4, -0.2) is 17.8 Å². The molecule has 0 aromatic heterocycles. The van der Waals surface area contributed by atoms with Crippen LogP contribution in [0.2, 0.25) is 10.0 Å². The molecule has 0 aliphatic carbocycles. The number of carbonyl (C=O) groups is 2. The molecule has 5 nitrogen and oxygen atoms in total. The highest BCUT2D eigenvalue weighted by atomic mass is 35.5. The number of hydrogen-bond donors (Lipinski definition) is 0. The van der Waals surface area contributed by atoms with Gasteiger partial charge in [-0.15, -0.1) is 0 Å². The molecule has 0 atom stereocenters. The predicted octanol–water partition coefficient (Wildman–Crippen LogP) is 7.21. The van der Waals surface area contributed by atoms with Crippen molar-refractivity contribution in [2.75, 3.05) is 11.5 Å². The summed E-state index contributed by atoms with van der Waals surface area (Å²) >= 11 is 13.1. The van der Waals surface area contributed by atoms with Gasteiger partial charge in [0.1, 0.15) is 6.61 Å². The maximum atomic E-state index is 12.9. The van der Waals surface area contributed by atoms with Crippen LogP contribution in [0.15, 0.2) is 71.6 Å². The number of hydrogen-bond acceptors (Lipinski definition) is 5. The number of para-hydroxylation sites is 1. The lowest BCUT2D eigenvalue weighted by atomic mass is 10.1. The molecule has 1 saturated heterocycles. The summed E-state index contributed by atoms with van der Waals surface area (Å²) in [6.45, 7) is 2.55. The van der Waals surface area contributed by atoms with Gasteiger partial charge in [0.2, 0.25) is 0 Å². The van der Waals surface area contributed by atoms with Gasteiger partial charge in [0, 0.05) is 15.6 Å². The van der Waals surface area contributed by atoms with Gasteiger partial charge in [-0.05, 0) is 66.7 Å². The van der Waals surface area contributed by atoms with Crippen molar-refractivity contribution in [3.05, 3.63) is 92.8 Å². The summed E-state index contributed by atoms with van der Waals surface area (Å²) in [6, 6.07) is 19.4. The second-order valence-corrected chi connectivity index (χ2v) is 8.85. The van der Waals surface area contributed by atoms with Gasteiger partial charge in [0.05, 0.1) is 17.2 Å². The van der Waals surface area contributed by atoms with Crippen molar-refractivity contribution >= 4 is 57.9 Å². The molecule has 3 aromatic carbocycles. The highest BCUT2D eigenvalue weighted by Crippen LogP contribution is 2.37. The van der Waals surface area contributed by atoms with E-state index in [1.165, 1.54) is 4.90 Å². The number of carbonyl (C=O) groups excluding carboxylic acids is 2. The van der Waals surface area contributed by atoms with E-state index in [0.717, 1.165) is 17.3 Å². The Kier molecular flexibility index (Phi) is 7.28. The number of halogens is 2. The van der Waals surface area contributed by atoms with Crippen LogP contribution < -0.4 is 14.4 Å². The second-order valence-electron chi connectivity index (χ2n) is 7.02. The summed E-state index contributed by atoms with van der Waals surface area (Å²) in [7, 11) is 0. The predicted molar refractivity (Wildman–Crippen MR) is 133 cm³/mol. The SMILES string of the molecule is CCOc1cc(/C=C2\SC(=O)N(c3ccccc3)C2=O)ccc1OCc1ccc(Cl)cc1Cl. The minimum absolute atomic E-state index is 0.241. The minimum atomic E-state index is -0.355. The number of thioether (sulfide) groups is 1. The topological polar surface area (TPSA) is 55.8 Å². The third-order valence-corrected chi connectivity index (χ3v) is 6.23. The number of rotatable bonds is 7. The van der Waals surface area contributed by atoms with Gasteiger partial charge >= 0.3 is 0 Å². The number of nitrogens with zero attached hydrogens (tertiary/aromatic N) is 1. The molecule has 168 valence electrons. The highest BCUT2D eigenvalue weighted by molar-refractivity contribution is 8.19. The van der Waals surface area contributed by atoms with Crippen molar-refractivity contribution < 1.29 is 19.1 Å². The van der Waals surface area contributed by atoms with E-state index in [-0.39, 0.29) is 17.8 Å². The lowest BCUT2D eigenvalue weighted by molar-refractivity contribution is -0.113. The molecule has 4 rings (SSSR count). The fourth-order valence-electron chi connectivity index (χ4n) is 3.21. The van der Waals surface area contributed by atoms with Crippen LogP contribution >= 0.6 is 35.0 Å². The Bertz CT molecular complexity index is 1230. The third-order valence-electron chi connectivity index (χ3n) is 4.77. The lowest BCUT2D eigenvalue weighted by Gasteiger charge is -2.14. The number of ether oxygens (including phenoxy) is 2. The van der Waals surface area contributed by atoms with Crippen molar-refractivity contribution in [3.63, 3.8) is 0 Å². The Morgan fingerprint density at radius 1 is 0.939 bits per heavy atom. The maximum Gasteiger partial charge on any atom is 0.298 e. The molecule has 1 heterocycles. The van der Waals surface area contributed by atoms with Gasteiger partial charge in [-0.2, -0.15) is 0 Å². The van der Waals surface area contributed by atoms with E-state index in [1.54, 1.807) is 60.7 Å². The van der Waals surface area contributed by atoms with E-state index in [4.69, 9.17) is 32.7 Å². The first-order valence-electron chi connectivity index (χ1n) is 10.1. The van der Waals surface area contributed by atoms with Crippen LogP contribution in [0.4, 0.5) is 10.5 Å².